The molecule has 1 atom stereocenters. The molecule has 2 rings (SSSR count). The van der Waals surface area contributed by atoms with Gasteiger partial charge in [-0.25, -0.2) is 0 Å². The standard InChI is InChI=1S/C17H22N2/c1-13(2)17(18-3)12-14-7-9-15(10-8-14)16-6-4-5-11-19-16/h4-11,13,17-18H,12H2,1-3H3. The van der Waals surface area contributed by atoms with E-state index in [1.165, 1.54) is 11.1 Å². The minimum atomic E-state index is 0.528. The lowest BCUT2D eigenvalue weighted by molar-refractivity contribution is 0.424. The summed E-state index contributed by atoms with van der Waals surface area (Å²) < 4.78 is 0. The molecule has 0 bridgehead atoms. The molecule has 0 amide bonds. The van der Waals surface area contributed by atoms with Gasteiger partial charge in [0.15, 0.2) is 0 Å². The van der Waals surface area contributed by atoms with E-state index in [1.807, 2.05) is 31.4 Å². The van der Waals surface area contributed by atoms with Crippen LogP contribution in [0.5, 0.6) is 0 Å². The average Bonchev–Trinajstić information content (AvgIpc) is 2.46. The molecule has 0 aliphatic carbocycles. The Labute approximate surface area is 115 Å². The summed E-state index contributed by atoms with van der Waals surface area (Å²) in [7, 11) is 2.03. The third-order valence-corrected chi connectivity index (χ3v) is 3.55. The summed E-state index contributed by atoms with van der Waals surface area (Å²) in [5.41, 5.74) is 3.57. The highest BCUT2D eigenvalue weighted by molar-refractivity contribution is 5.59. The number of nitrogens with zero attached hydrogens (tertiary/aromatic N) is 1. The molecule has 1 N–H and O–H groups in total. The zero-order chi connectivity index (χ0) is 13.7. The summed E-state index contributed by atoms with van der Waals surface area (Å²) in [6.07, 6.45) is 2.90. The molecule has 1 aromatic heterocycles. The van der Waals surface area contributed by atoms with Gasteiger partial charge in [-0.3, -0.25) is 4.98 Å². The quantitative estimate of drug-likeness (QED) is 0.883. The summed E-state index contributed by atoms with van der Waals surface area (Å²) >= 11 is 0. The fourth-order valence-corrected chi connectivity index (χ4v) is 2.27. The van der Waals surface area contributed by atoms with Crippen molar-refractivity contribution < 1.29 is 0 Å². The van der Waals surface area contributed by atoms with E-state index in [9.17, 15) is 0 Å². The highest BCUT2D eigenvalue weighted by atomic mass is 14.9. The monoisotopic (exact) mass is 254 g/mol. The van der Waals surface area contributed by atoms with Crippen molar-refractivity contribution in [1.29, 1.82) is 0 Å². The number of nitrogens with one attached hydrogen (secondary N) is 1. The summed E-state index contributed by atoms with van der Waals surface area (Å²) in [4.78, 5) is 4.37. The van der Waals surface area contributed by atoms with Gasteiger partial charge in [-0.2, -0.15) is 0 Å². The molecule has 0 aliphatic rings. The van der Waals surface area contributed by atoms with E-state index in [-0.39, 0.29) is 0 Å². The lowest BCUT2D eigenvalue weighted by Gasteiger charge is -2.20. The molecule has 0 spiro atoms. The van der Waals surface area contributed by atoms with Gasteiger partial charge in [-0.1, -0.05) is 44.2 Å². The molecule has 100 valence electrons. The number of aromatic nitrogens is 1. The highest BCUT2D eigenvalue weighted by Crippen LogP contribution is 2.18. The summed E-state index contributed by atoms with van der Waals surface area (Å²) in [5.74, 6) is 0.639. The molecule has 0 fully saturated rings. The molecule has 1 aromatic carbocycles. The second kappa shape index (κ2) is 6.48. The zero-order valence-electron chi connectivity index (χ0n) is 11.9. The number of hydrogen-bond donors (Lipinski definition) is 1. The first-order valence-electron chi connectivity index (χ1n) is 6.88. The maximum absolute atomic E-state index is 4.37. The predicted octanol–water partition coefficient (Wildman–Crippen LogP) is 3.54. The topological polar surface area (TPSA) is 24.9 Å². The third-order valence-electron chi connectivity index (χ3n) is 3.55. The first kappa shape index (κ1) is 13.8. The van der Waals surface area contributed by atoms with Crippen molar-refractivity contribution in [3.63, 3.8) is 0 Å². The largest absolute Gasteiger partial charge is 0.316 e. The van der Waals surface area contributed by atoms with Crippen LogP contribution in [-0.4, -0.2) is 18.1 Å². The molecule has 0 aliphatic heterocycles. The van der Waals surface area contributed by atoms with E-state index in [0.717, 1.165) is 12.1 Å². The molecular formula is C17H22N2. The van der Waals surface area contributed by atoms with E-state index >= 15 is 0 Å². The Balaban J connectivity index is 2.11. The number of benzene rings is 1. The van der Waals surface area contributed by atoms with Crippen LogP contribution in [0, 0.1) is 5.92 Å². The number of rotatable bonds is 5. The van der Waals surface area contributed by atoms with E-state index < -0.39 is 0 Å². The van der Waals surface area contributed by atoms with Gasteiger partial charge < -0.3 is 5.32 Å². The van der Waals surface area contributed by atoms with Gasteiger partial charge in [-0.05, 0) is 37.1 Å². The zero-order valence-corrected chi connectivity index (χ0v) is 11.9. The summed E-state index contributed by atoms with van der Waals surface area (Å²) in [6.45, 7) is 4.51. The van der Waals surface area contributed by atoms with E-state index in [4.69, 9.17) is 0 Å². The smallest absolute Gasteiger partial charge is 0.0701 e. The van der Waals surface area contributed by atoms with Gasteiger partial charge in [-0.15, -0.1) is 0 Å². The van der Waals surface area contributed by atoms with Crippen LogP contribution in [0.1, 0.15) is 19.4 Å². The molecule has 1 heterocycles. The van der Waals surface area contributed by atoms with Gasteiger partial charge in [0.1, 0.15) is 0 Å². The summed E-state index contributed by atoms with van der Waals surface area (Å²) in [6, 6.07) is 15.3. The molecule has 2 nitrogen and oxygen atoms in total. The molecular weight excluding hydrogens is 232 g/mol. The Bertz CT molecular complexity index is 488. The van der Waals surface area contributed by atoms with E-state index in [1.54, 1.807) is 0 Å². The van der Waals surface area contributed by atoms with E-state index in [0.29, 0.717) is 12.0 Å². The van der Waals surface area contributed by atoms with Crippen molar-refractivity contribution in [2.24, 2.45) is 5.92 Å². The molecule has 19 heavy (non-hydrogen) atoms. The SMILES string of the molecule is CNC(Cc1ccc(-c2ccccn2)cc1)C(C)C. The van der Waals surface area contributed by atoms with E-state index in [2.05, 4.69) is 48.4 Å². The Morgan fingerprint density at radius 2 is 1.79 bits per heavy atom. The van der Waals surface area contributed by atoms with Crippen LogP contribution in [0.25, 0.3) is 11.3 Å². The van der Waals surface area contributed by atoms with Gasteiger partial charge in [0, 0.05) is 17.8 Å². The Hall–Kier alpha value is -1.67. The minimum absolute atomic E-state index is 0.528. The molecule has 2 heteroatoms. The first-order chi connectivity index (χ1) is 9.20. The van der Waals surface area contributed by atoms with Crippen LogP contribution in [0.2, 0.25) is 0 Å². The average molecular weight is 254 g/mol. The first-order valence-corrected chi connectivity index (χ1v) is 6.88. The van der Waals surface area contributed by atoms with Crippen molar-refractivity contribution in [3.8, 4) is 11.3 Å². The number of hydrogen-bond acceptors (Lipinski definition) is 2. The fourth-order valence-electron chi connectivity index (χ4n) is 2.27. The lowest BCUT2D eigenvalue weighted by atomic mass is 9.96. The van der Waals surface area contributed by atoms with Crippen LogP contribution >= 0.6 is 0 Å². The van der Waals surface area contributed by atoms with Gasteiger partial charge in [0.05, 0.1) is 5.69 Å². The van der Waals surface area contributed by atoms with Gasteiger partial charge in [0.25, 0.3) is 0 Å². The van der Waals surface area contributed by atoms with Crippen LogP contribution < -0.4 is 5.32 Å². The maximum atomic E-state index is 4.37. The maximum Gasteiger partial charge on any atom is 0.0701 e. The van der Waals surface area contributed by atoms with Gasteiger partial charge >= 0.3 is 0 Å². The van der Waals surface area contributed by atoms with Crippen molar-refractivity contribution >= 4 is 0 Å². The number of likely N-dealkylation sites (N-methyl/N-ethyl adjacent to an activating group) is 1. The fraction of sp³-hybridized carbons (Fsp3) is 0.353. The van der Waals surface area contributed by atoms with Crippen LogP contribution in [0.3, 0.4) is 0 Å². The lowest BCUT2D eigenvalue weighted by Crippen LogP contribution is -2.32. The van der Waals surface area contributed by atoms with Gasteiger partial charge in [0.2, 0.25) is 0 Å². The second-order valence-corrected chi connectivity index (χ2v) is 5.26. The number of pyridine rings is 1. The van der Waals surface area contributed by atoms with Crippen molar-refractivity contribution in [2.75, 3.05) is 7.05 Å². The highest BCUT2D eigenvalue weighted by Gasteiger charge is 2.11. The normalized spacial score (nSPS) is 12.6. The van der Waals surface area contributed by atoms with Crippen LogP contribution in [0.4, 0.5) is 0 Å². The molecule has 0 saturated heterocycles. The third kappa shape index (κ3) is 3.65. The van der Waals surface area contributed by atoms with Crippen molar-refractivity contribution in [1.82, 2.24) is 10.3 Å². The molecule has 0 radical (unpaired) electrons. The second-order valence-electron chi connectivity index (χ2n) is 5.26. The minimum Gasteiger partial charge on any atom is -0.316 e. The molecule has 2 aromatic rings. The molecule has 1 unspecified atom stereocenters. The van der Waals surface area contributed by atoms with Crippen molar-refractivity contribution in [3.05, 3.63) is 54.2 Å². The van der Waals surface area contributed by atoms with Crippen LogP contribution in [-0.2, 0) is 6.42 Å². The predicted molar refractivity (Wildman–Crippen MR) is 81.1 cm³/mol. The van der Waals surface area contributed by atoms with Crippen LogP contribution in [0.15, 0.2) is 48.7 Å². The Morgan fingerprint density at radius 3 is 2.32 bits per heavy atom. The molecule has 0 saturated carbocycles. The Morgan fingerprint density at radius 1 is 1.05 bits per heavy atom. The van der Waals surface area contributed by atoms with Crippen molar-refractivity contribution in [2.45, 2.75) is 26.3 Å². The summed E-state index contributed by atoms with van der Waals surface area (Å²) in [5, 5.41) is 3.38. The Kier molecular flexibility index (Phi) is 4.69.